The molecule has 0 unspecified atom stereocenters. The van der Waals surface area contributed by atoms with E-state index in [0.717, 1.165) is 5.56 Å². The first kappa shape index (κ1) is 21.6. The molecule has 1 fully saturated rings. The lowest BCUT2D eigenvalue weighted by Crippen LogP contribution is -2.18. The van der Waals surface area contributed by atoms with Crippen molar-refractivity contribution in [2.75, 3.05) is 19.7 Å². The van der Waals surface area contributed by atoms with Gasteiger partial charge in [0.05, 0.1) is 24.3 Å². The average Bonchev–Trinajstić information content (AvgIpc) is 3.09. The Morgan fingerprint density at radius 1 is 0.862 bits per heavy atom. The topological polar surface area (TPSA) is 21.3 Å². The van der Waals surface area contributed by atoms with Gasteiger partial charge in [-0.2, -0.15) is 26.3 Å². The summed E-state index contributed by atoms with van der Waals surface area (Å²) in [5.74, 6) is -0.381. The number of ether oxygens (including phenoxy) is 1. The molecule has 1 aliphatic heterocycles. The summed E-state index contributed by atoms with van der Waals surface area (Å²) in [6.07, 6.45) is -9.78. The normalized spacial score (nSPS) is 20.2. The SMILES string of the molecule is Fc1ccc([C@@H]2CNC[C@@H]2COCc2cc(C(F)(F)F)cc(C(F)(F)F)c2)cc1. The lowest BCUT2D eigenvalue weighted by Gasteiger charge is -2.19. The van der Waals surface area contributed by atoms with Crippen LogP contribution in [0.15, 0.2) is 42.5 Å². The zero-order valence-electron chi connectivity index (χ0n) is 15.1. The monoisotopic (exact) mass is 421 g/mol. The Labute approximate surface area is 162 Å². The van der Waals surface area contributed by atoms with Crippen LogP contribution in [0.4, 0.5) is 30.7 Å². The molecule has 1 heterocycles. The fourth-order valence-corrected chi connectivity index (χ4v) is 3.44. The second-order valence-corrected chi connectivity index (χ2v) is 7.01. The van der Waals surface area contributed by atoms with Crippen molar-refractivity contribution in [2.24, 2.45) is 5.92 Å². The van der Waals surface area contributed by atoms with Gasteiger partial charge in [-0.3, -0.25) is 0 Å². The highest BCUT2D eigenvalue weighted by molar-refractivity contribution is 5.33. The number of rotatable bonds is 5. The molecule has 0 radical (unpaired) electrons. The Hall–Kier alpha value is -2.13. The highest BCUT2D eigenvalue weighted by atomic mass is 19.4. The number of benzene rings is 2. The standard InChI is InChI=1S/C20H18F7NO/c21-17-3-1-13(2-4-17)18-9-28-8-14(18)11-29-10-12-5-15(19(22,23)24)7-16(6-12)20(25,26)27/h1-7,14,18,28H,8-11H2/t14-,18+/m1/s1. The summed E-state index contributed by atoms with van der Waals surface area (Å²) in [7, 11) is 0. The summed E-state index contributed by atoms with van der Waals surface area (Å²) in [5.41, 5.74) is -2.03. The molecule has 0 bridgehead atoms. The van der Waals surface area contributed by atoms with Gasteiger partial charge in [-0.1, -0.05) is 12.1 Å². The van der Waals surface area contributed by atoms with Crippen molar-refractivity contribution in [3.8, 4) is 0 Å². The minimum Gasteiger partial charge on any atom is -0.376 e. The summed E-state index contributed by atoms with van der Waals surface area (Å²) in [4.78, 5) is 0. The van der Waals surface area contributed by atoms with E-state index < -0.39 is 23.5 Å². The molecule has 0 saturated carbocycles. The molecule has 29 heavy (non-hydrogen) atoms. The van der Waals surface area contributed by atoms with Crippen LogP contribution in [-0.2, 0) is 23.7 Å². The van der Waals surface area contributed by atoms with E-state index >= 15 is 0 Å². The van der Waals surface area contributed by atoms with Crippen molar-refractivity contribution in [2.45, 2.75) is 24.9 Å². The zero-order chi connectivity index (χ0) is 21.2. The van der Waals surface area contributed by atoms with Gasteiger partial charge in [-0.25, -0.2) is 4.39 Å². The predicted octanol–water partition coefficient (Wildman–Crippen LogP) is 5.38. The van der Waals surface area contributed by atoms with Crippen molar-refractivity contribution < 1.29 is 35.5 Å². The number of nitrogens with one attached hydrogen (secondary N) is 1. The molecule has 0 aliphatic carbocycles. The predicted molar refractivity (Wildman–Crippen MR) is 91.6 cm³/mol. The first-order valence-electron chi connectivity index (χ1n) is 8.86. The van der Waals surface area contributed by atoms with Crippen molar-refractivity contribution in [1.82, 2.24) is 5.32 Å². The number of alkyl halides is 6. The fourth-order valence-electron chi connectivity index (χ4n) is 3.44. The highest BCUT2D eigenvalue weighted by Gasteiger charge is 2.37. The molecule has 158 valence electrons. The smallest absolute Gasteiger partial charge is 0.376 e. The highest BCUT2D eigenvalue weighted by Crippen LogP contribution is 2.36. The molecule has 9 heteroatoms. The molecule has 2 nitrogen and oxygen atoms in total. The first-order chi connectivity index (χ1) is 13.5. The summed E-state index contributed by atoms with van der Waals surface area (Å²) < 4.78 is 96.1. The zero-order valence-corrected chi connectivity index (χ0v) is 15.1. The van der Waals surface area contributed by atoms with Crippen LogP contribution in [0.2, 0.25) is 0 Å². The van der Waals surface area contributed by atoms with Gasteiger partial charge >= 0.3 is 12.4 Å². The van der Waals surface area contributed by atoms with Gasteiger partial charge in [0.25, 0.3) is 0 Å². The summed E-state index contributed by atoms with van der Waals surface area (Å²) in [5, 5.41) is 3.17. The second-order valence-electron chi connectivity index (χ2n) is 7.01. The molecule has 0 aromatic heterocycles. The second kappa shape index (κ2) is 8.31. The molecular formula is C20H18F7NO. The van der Waals surface area contributed by atoms with Crippen molar-refractivity contribution in [1.29, 1.82) is 0 Å². The van der Waals surface area contributed by atoms with E-state index in [2.05, 4.69) is 5.32 Å². The third kappa shape index (κ3) is 5.48. The maximum Gasteiger partial charge on any atom is 0.416 e. The molecule has 1 aliphatic rings. The van der Waals surface area contributed by atoms with E-state index in [1.807, 2.05) is 0 Å². The molecule has 2 aromatic carbocycles. The lowest BCUT2D eigenvalue weighted by molar-refractivity contribution is -0.143. The van der Waals surface area contributed by atoms with Crippen LogP contribution in [0.3, 0.4) is 0 Å². The Morgan fingerprint density at radius 2 is 1.45 bits per heavy atom. The summed E-state index contributed by atoms with van der Waals surface area (Å²) >= 11 is 0. The van der Waals surface area contributed by atoms with Crippen LogP contribution in [-0.4, -0.2) is 19.7 Å². The number of hydrogen-bond donors (Lipinski definition) is 1. The van der Waals surface area contributed by atoms with E-state index in [1.54, 1.807) is 12.1 Å². The molecule has 3 rings (SSSR count). The van der Waals surface area contributed by atoms with Gasteiger partial charge in [0.15, 0.2) is 0 Å². The minimum absolute atomic E-state index is 0.0165. The van der Waals surface area contributed by atoms with E-state index in [9.17, 15) is 30.7 Å². The quantitative estimate of drug-likeness (QED) is 0.655. The van der Waals surface area contributed by atoms with Gasteiger partial charge in [0, 0.05) is 24.9 Å². The van der Waals surface area contributed by atoms with Crippen LogP contribution in [0.5, 0.6) is 0 Å². The molecule has 0 amide bonds. The Kier molecular flexibility index (Phi) is 6.19. The minimum atomic E-state index is -4.89. The van der Waals surface area contributed by atoms with E-state index in [-0.39, 0.29) is 42.5 Å². The lowest BCUT2D eigenvalue weighted by atomic mass is 9.89. The molecule has 2 atom stereocenters. The van der Waals surface area contributed by atoms with Crippen LogP contribution in [0.1, 0.15) is 28.2 Å². The van der Waals surface area contributed by atoms with Crippen LogP contribution in [0.25, 0.3) is 0 Å². The third-order valence-electron chi connectivity index (χ3n) is 4.89. The van der Waals surface area contributed by atoms with Gasteiger partial charge in [-0.15, -0.1) is 0 Å². The van der Waals surface area contributed by atoms with Crippen LogP contribution >= 0.6 is 0 Å². The van der Waals surface area contributed by atoms with E-state index in [4.69, 9.17) is 4.74 Å². The molecule has 2 aromatic rings. The van der Waals surface area contributed by atoms with Gasteiger partial charge in [-0.05, 0) is 41.5 Å². The Morgan fingerprint density at radius 3 is 2.00 bits per heavy atom. The Bertz CT molecular complexity index is 798. The fraction of sp³-hybridized carbons (Fsp3) is 0.400. The summed E-state index contributed by atoms with van der Waals surface area (Å²) in [6, 6.07) is 7.42. The molecular weight excluding hydrogens is 403 g/mol. The average molecular weight is 421 g/mol. The van der Waals surface area contributed by atoms with Crippen LogP contribution < -0.4 is 5.32 Å². The third-order valence-corrected chi connectivity index (χ3v) is 4.89. The van der Waals surface area contributed by atoms with Gasteiger partial charge < -0.3 is 10.1 Å². The van der Waals surface area contributed by atoms with Gasteiger partial charge in [0.2, 0.25) is 0 Å². The number of halogens is 7. The van der Waals surface area contributed by atoms with Crippen molar-refractivity contribution in [3.05, 3.63) is 70.5 Å². The maximum atomic E-state index is 13.1. The Balaban J connectivity index is 1.68. The molecule has 1 N–H and O–H groups in total. The van der Waals surface area contributed by atoms with E-state index in [0.29, 0.717) is 25.2 Å². The van der Waals surface area contributed by atoms with Crippen LogP contribution in [0, 0.1) is 11.7 Å². The first-order valence-corrected chi connectivity index (χ1v) is 8.86. The van der Waals surface area contributed by atoms with Gasteiger partial charge in [0.1, 0.15) is 5.82 Å². The van der Waals surface area contributed by atoms with Crippen molar-refractivity contribution >= 4 is 0 Å². The maximum absolute atomic E-state index is 13.1. The van der Waals surface area contributed by atoms with Crippen molar-refractivity contribution in [3.63, 3.8) is 0 Å². The molecule has 1 saturated heterocycles. The summed E-state index contributed by atoms with van der Waals surface area (Å²) in [6.45, 7) is 0.978. The molecule has 0 spiro atoms. The van der Waals surface area contributed by atoms with E-state index in [1.165, 1.54) is 12.1 Å². The largest absolute Gasteiger partial charge is 0.416 e. The number of hydrogen-bond acceptors (Lipinski definition) is 2.